The van der Waals surface area contributed by atoms with Crippen molar-refractivity contribution in [2.75, 3.05) is 10.6 Å². The first kappa shape index (κ1) is 22.4. The number of halogens is 1. The monoisotopic (exact) mass is 459 g/mol. The second-order valence-corrected chi connectivity index (χ2v) is 8.27. The largest absolute Gasteiger partial charge is 0.492 e. The molecule has 0 saturated carbocycles. The molecular weight excluding hydrogens is 438 g/mol. The molecule has 0 aliphatic carbocycles. The van der Waals surface area contributed by atoms with Crippen molar-refractivity contribution in [2.45, 2.75) is 33.7 Å². The first-order chi connectivity index (χ1) is 14.7. The van der Waals surface area contributed by atoms with Crippen molar-refractivity contribution in [2.24, 2.45) is 0 Å². The van der Waals surface area contributed by atoms with Crippen LogP contribution in [0.2, 0.25) is 5.02 Å². The molecule has 0 aliphatic rings. The van der Waals surface area contributed by atoms with Gasteiger partial charge in [0.15, 0.2) is 0 Å². The van der Waals surface area contributed by atoms with Crippen molar-refractivity contribution in [1.82, 2.24) is 19.7 Å². The highest BCUT2D eigenvalue weighted by Crippen LogP contribution is 2.31. The van der Waals surface area contributed by atoms with Crippen molar-refractivity contribution in [3.05, 3.63) is 51.8 Å². The predicted octanol–water partition coefficient (Wildman–Crippen LogP) is 4.23. The zero-order valence-corrected chi connectivity index (χ0v) is 18.9. The number of carbonyl (C=O) groups is 1. The maximum absolute atomic E-state index is 12.7. The van der Waals surface area contributed by atoms with Gasteiger partial charge in [-0.1, -0.05) is 23.7 Å². The molecule has 1 amide bonds. The number of nitrogens with zero attached hydrogens (tertiary/aromatic N) is 3. The Kier molecular flexibility index (Phi) is 6.71. The van der Waals surface area contributed by atoms with Crippen LogP contribution < -0.4 is 16.0 Å². The minimum atomic E-state index is -0.376. The van der Waals surface area contributed by atoms with E-state index in [1.807, 2.05) is 32.9 Å². The van der Waals surface area contributed by atoms with E-state index in [2.05, 4.69) is 30.3 Å². The van der Waals surface area contributed by atoms with Gasteiger partial charge in [-0.15, -0.1) is 0 Å². The summed E-state index contributed by atoms with van der Waals surface area (Å²) in [7, 11) is 0. The van der Waals surface area contributed by atoms with Gasteiger partial charge in [-0.2, -0.15) is 4.37 Å². The minimum Gasteiger partial charge on any atom is -0.492 e. The quantitative estimate of drug-likeness (QED) is 0.275. The second kappa shape index (κ2) is 9.27. The summed E-state index contributed by atoms with van der Waals surface area (Å²) in [4.78, 5) is 21.3. The first-order valence-corrected chi connectivity index (χ1v) is 10.5. The molecule has 162 valence electrons. The molecule has 0 saturated heterocycles. The maximum Gasteiger partial charge on any atom is 0.259 e. The molecule has 0 spiro atoms. The molecule has 1 aromatic carbocycles. The van der Waals surface area contributed by atoms with E-state index in [1.165, 1.54) is 6.20 Å². The first-order valence-electron chi connectivity index (χ1n) is 9.38. The van der Waals surface area contributed by atoms with Gasteiger partial charge >= 0.3 is 0 Å². The van der Waals surface area contributed by atoms with Gasteiger partial charge in [0.2, 0.25) is 11.8 Å². The molecule has 0 unspecified atom stereocenters. The van der Waals surface area contributed by atoms with E-state index in [9.17, 15) is 9.90 Å². The molecule has 11 heteroatoms. The predicted molar refractivity (Wildman–Crippen MR) is 123 cm³/mol. The number of aromatic hydroxyl groups is 1. The van der Waals surface area contributed by atoms with Gasteiger partial charge in [0, 0.05) is 12.2 Å². The average Bonchev–Trinajstić information content (AvgIpc) is 3.04. The highest BCUT2D eigenvalue weighted by molar-refractivity contribution is 7.11. The van der Waals surface area contributed by atoms with Gasteiger partial charge in [-0.05, 0) is 50.9 Å². The number of nitrogens with one attached hydrogen (secondary N) is 4. The van der Waals surface area contributed by atoms with E-state index in [4.69, 9.17) is 17.0 Å². The lowest BCUT2D eigenvalue weighted by atomic mass is 10.1. The second-order valence-electron chi connectivity index (χ2n) is 7.09. The number of anilines is 3. The van der Waals surface area contributed by atoms with Crippen molar-refractivity contribution < 1.29 is 9.90 Å². The Bertz CT molecular complexity index is 1130. The van der Waals surface area contributed by atoms with Gasteiger partial charge < -0.3 is 21.1 Å². The van der Waals surface area contributed by atoms with Crippen molar-refractivity contribution in [1.29, 1.82) is 5.41 Å². The van der Waals surface area contributed by atoms with Crippen LogP contribution in [-0.4, -0.2) is 37.2 Å². The van der Waals surface area contributed by atoms with Gasteiger partial charge in [0.05, 0.1) is 22.0 Å². The normalized spacial score (nSPS) is 10.8. The number of hydrogen-bond acceptors (Lipinski definition) is 8. The molecule has 31 heavy (non-hydrogen) atoms. The van der Waals surface area contributed by atoms with Crippen LogP contribution >= 0.6 is 23.1 Å². The zero-order valence-electron chi connectivity index (χ0n) is 17.4. The van der Waals surface area contributed by atoms with Gasteiger partial charge in [-0.25, -0.2) is 9.97 Å². The summed E-state index contributed by atoms with van der Waals surface area (Å²) in [6.07, 6.45) is 1.41. The molecule has 0 atom stereocenters. The van der Waals surface area contributed by atoms with E-state index in [0.717, 1.165) is 17.1 Å². The summed E-state index contributed by atoms with van der Waals surface area (Å²) in [5.74, 6) is -0.385. The van der Waals surface area contributed by atoms with Crippen molar-refractivity contribution in [3.63, 3.8) is 0 Å². The van der Waals surface area contributed by atoms with Crippen LogP contribution in [0, 0.1) is 19.3 Å². The standard InChI is InChI=1S/C20H22ClN7O2S/c1-9(2)24-16(22)14-18(30)28-31-19(14)27-20-23-8-12(11(4)25-20)17(29)26-15-10(3)6-5-7-13(15)21/h5-9H,1-4H3,(H2,22,24)(H,26,29)(H,28,30)(H,23,25,27). The highest BCUT2D eigenvalue weighted by Gasteiger charge is 2.20. The number of amidine groups is 1. The number of rotatable bonds is 6. The third-order valence-corrected chi connectivity index (χ3v) is 5.33. The Hall–Kier alpha value is -3.24. The molecule has 9 nitrogen and oxygen atoms in total. The molecule has 3 rings (SSSR count). The maximum atomic E-state index is 12.7. The third-order valence-electron chi connectivity index (χ3n) is 4.27. The topological polar surface area (TPSA) is 136 Å². The molecule has 0 fully saturated rings. The lowest BCUT2D eigenvalue weighted by Gasteiger charge is -2.13. The van der Waals surface area contributed by atoms with E-state index in [0.29, 0.717) is 27.0 Å². The number of carbonyl (C=O) groups excluding carboxylic acids is 1. The lowest BCUT2D eigenvalue weighted by Crippen LogP contribution is -2.30. The highest BCUT2D eigenvalue weighted by atomic mass is 35.5. The summed E-state index contributed by atoms with van der Waals surface area (Å²) in [5.41, 5.74) is 2.36. The molecule has 3 aromatic rings. The Labute approximate surface area is 188 Å². The fraction of sp³-hybridized carbons (Fsp3) is 0.250. The van der Waals surface area contributed by atoms with Gasteiger partial charge in [-0.3, -0.25) is 10.2 Å². The third kappa shape index (κ3) is 5.09. The molecule has 2 aromatic heterocycles. The number of aromatic nitrogens is 3. The Morgan fingerprint density at radius 3 is 2.68 bits per heavy atom. The number of para-hydroxylation sites is 1. The van der Waals surface area contributed by atoms with Crippen LogP contribution in [0.4, 0.5) is 16.6 Å². The number of benzene rings is 1. The SMILES string of the molecule is Cc1cccc(Cl)c1NC(=O)c1cnc(Nc2snc(O)c2C(=N)NC(C)C)nc1C. The van der Waals surface area contributed by atoms with E-state index < -0.39 is 0 Å². The Morgan fingerprint density at radius 2 is 2.03 bits per heavy atom. The molecule has 5 N–H and O–H groups in total. The van der Waals surface area contributed by atoms with Gasteiger partial charge in [0.1, 0.15) is 16.4 Å². The van der Waals surface area contributed by atoms with Gasteiger partial charge in [0.25, 0.3) is 5.91 Å². The van der Waals surface area contributed by atoms with Crippen molar-refractivity contribution in [3.8, 4) is 5.88 Å². The summed E-state index contributed by atoms with van der Waals surface area (Å²) in [6.45, 7) is 7.32. The molecule has 2 heterocycles. The Balaban J connectivity index is 1.81. The van der Waals surface area contributed by atoms with Crippen LogP contribution in [0.3, 0.4) is 0 Å². The molecular formula is C20H22ClN7O2S. The summed E-state index contributed by atoms with van der Waals surface area (Å²) < 4.78 is 3.89. The average molecular weight is 460 g/mol. The number of amides is 1. The van der Waals surface area contributed by atoms with E-state index in [1.54, 1.807) is 13.0 Å². The fourth-order valence-corrected chi connectivity index (χ4v) is 3.74. The fourth-order valence-electron chi connectivity index (χ4n) is 2.78. The van der Waals surface area contributed by atoms with Crippen LogP contribution in [0.15, 0.2) is 24.4 Å². The minimum absolute atomic E-state index is 0.0118. The molecule has 0 aliphatic heterocycles. The van der Waals surface area contributed by atoms with Crippen LogP contribution in [-0.2, 0) is 0 Å². The Morgan fingerprint density at radius 1 is 1.29 bits per heavy atom. The molecule has 0 bridgehead atoms. The van der Waals surface area contributed by atoms with Crippen molar-refractivity contribution >= 4 is 51.5 Å². The van der Waals surface area contributed by atoms with Crippen LogP contribution in [0.1, 0.15) is 41.0 Å². The summed E-state index contributed by atoms with van der Waals surface area (Å²) in [5, 5.41) is 27.7. The lowest BCUT2D eigenvalue weighted by molar-refractivity contribution is 0.102. The zero-order chi connectivity index (χ0) is 22.7. The smallest absolute Gasteiger partial charge is 0.259 e. The molecule has 0 radical (unpaired) electrons. The number of aryl methyl sites for hydroxylation is 2. The number of hydrogen-bond donors (Lipinski definition) is 5. The van der Waals surface area contributed by atoms with Crippen LogP contribution in [0.5, 0.6) is 5.88 Å². The summed E-state index contributed by atoms with van der Waals surface area (Å²) in [6, 6.07) is 5.38. The summed E-state index contributed by atoms with van der Waals surface area (Å²) >= 11 is 7.17. The van der Waals surface area contributed by atoms with E-state index >= 15 is 0 Å². The van der Waals surface area contributed by atoms with Crippen LogP contribution in [0.25, 0.3) is 0 Å². The van der Waals surface area contributed by atoms with E-state index in [-0.39, 0.29) is 35.2 Å².